The molecule has 162 valence electrons. The van der Waals surface area contributed by atoms with Crippen molar-refractivity contribution >= 4 is 15.7 Å². The predicted molar refractivity (Wildman–Crippen MR) is 115 cm³/mol. The largest absolute Gasteiger partial charge is 0.377 e. The highest BCUT2D eigenvalue weighted by molar-refractivity contribution is 7.90. The summed E-state index contributed by atoms with van der Waals surface area (Å²) >= 11 is 0. The van der Waals surface area contributed by atoms with Crippen LogP contribution in [0.3, 0.4) is 0 Å². The summed E-state index contributed by atoms with van der Waals surface area (Å²) in [7, 11) is -3.45. The second kappa shape index (κ2) is 8.60. The number of aromatic nitrogens is 3. The molecule has 0 aliphatic carbocycles. The van der Waals surface area contributed by atoms with Crippen LogP contribution in [-0.2, 0) is 21.0 Å². The normalized spacial score (nSPS) is 17.0. The Morgan fingerprint density at radius 1 is 1.19 bits per heavy atom. The number of rotatable bonds is 5. The molecule has 0 bridgehead atoms. The molecular formula is C22H24N4O4S. The van der Waals surface area contributed by atoms with Gasteiger partial charge in [-0.05, 0) is 36.2 Å². The molecule has 1 aromatic heterocycles. The third-order valence-electron chi connectivity index (χ3n) is 5.36. The first-order valence-electron chi connectivity index (χ1n) is 10.1. The number of para-hydroxylation sites is 1. The molecule has 1 aliphatic heterocycles. The lowest BCUT2D eigenvalue weighted by Crippen LogP contribution is -2.44. The smallest absolute Gasteiger partial charge is 0.254 e. The number of hydrogen-bond donors (Lipinski definition) is 0. The average molecular weight is 441 g/mol. The first-order chi connectivity index (χ1) is 14.9. The van der Waals surface area contributed by atoms with Crippen LogP contribution in [0.4, 0.5) is 0 Å². The number of hydrogen-bond acceptors (Lipinski definition) is 6. The van der Waals surface area contributed by atoms with Crippen molar-refractivity contribution in [1.82, 2.24) is 19.7 Å². The highest BCUT2D eigenvalue weighted by Crippen LogP contribution is 2.27. The molecule has 1 atom stereocenters. The van der Waals surface area contributed by atoms with Gasteiger partial charge in [-0.1, -0.05) is 31.2 Å². The Kier molecular flexibility index (Phi) is 5.88. The van der Waals surface area contributed by atoms with E-state index in [9.17, 15) is 13.2 Å². The number of benzene rings is 2. The summed E-state index contributed by atoms with van der Waals surface area (Å²) in [6.45, 7) is 2.94. The minimum absolute atomic E-state index is 0.193. The van der Waals surface area contributed by atoms with Gasteiger partial charge in [0.2, 0.25) is 0 Å². The minimum Gasteiger partial charge on any atom is -0.377 e. The second-order valence-corrected chi connectivity index (χ2v) is 9.39. The summed E-state index contributed by atoms with van der Waals surface area (Å²) in [5.41, 5.74) is 1.86. The minimum atomic E-state index is -3.45. The van der Waals surface area contributed by atoms with Crippen LogP contribution in [0.5, 0.6) is 0 Å². The molecule has 0 radical (unpaired) electrons. The number of sulfone groups is 1. The first kappa shape index (κ1) is 21.2. The third-order valence-corrected chi connectivity index (χ3v) is 6.54. The molecule has 1 saturated heterocycles. The van der Waals surface area contributed by atoms with E-state index in [2.05, 4.69) is 10.1 Å². The summed E-state index contributed by atoms with van der Waals surface area (Å²) in [6, 6.07) is 14.0. The molecule has 3 aromatic rings. The molecule has 1 unspecified atom stereocenters. The Hall–Kier alpha value is -3.04. The average Bonchev–Trinajstić information content (AvgIpc) is 3.28. The van der Waals surface area contributed by atoms with E-state index < -0.39 is 15.9 Å². The number of amides is 1. The molecule has 0 saturated carbocycles. The maximum Gasteiger partial charge on any atom is 0.254 e. The summed E-state index contributed by atoms with van der Waals surface area (Å²) in [6.07, 6.45) is 3.18. The monoisotopic (exact) mass is 440 g/mol. The van der Waals surface area contributed by atoms with Gasteiger partial charge < -0.3 is 9.64 Å². The van der Waals surface area contributed by atoms with Gasteiger partial charge in [0.25, 0.3) is 5.91 Å². The van der Waals surface area contributed by atoms with E-state index in [1.807, 2.05) is 37.3 Å². The van der Waals surface area contributed by atoms with Gasteiger partial charge in [-0.15, -0.1) is 0 Å². The molecule has 4 rings (SSSR count). The Labute approximate surface area is 181 Å². The molecule has 8 nitrogen and oxygen atoms in total. The van der Waals surface area contributed by atoms with Crippen molar-refractivity contribution in [1.29, 1.82) is 0 Å². The van der Waals surface area contributed by atoms with Crippen LogP contribution in [0.25, 0.3) is 5.69 Å². The van der Waals surface area contributed by atoms with Crippen molar-refractivity contribution in [3.05, 3.63) is 71.8 Å². The van der Waals surface area contributed by atoms with Crippen molar-refractivity contribution in [3.63, 3.8) is 0 Å². The van der Waals surface area contributed by atoms with E-state index in [-0.39, 0.29) is 17.4 Å². The van der Waals surface area contributed by atoms with Gasteiger partial charge in [0.05, 0.1) is 23.8 Å². The van der Waals surface area contributed by atoms with E-state index >= 15 is 0 Å². The molecule has 1 amide bonds. The maximum absolute atomic E-state index is 13.5. The molecule has 0 spiro atoms. The van der Waals surface area contributed by atoms with Crippen LogP contribution >= 0.6 is 0 Å². The molecule has 31 heavy (non-hydrogen) atoms. The molecule has 1 aliphatic rings. The number of carbonyl (C=O) groups excluding carboxylic acids is 1. The second-order valence-electron chi connectivity index (χ2n) is 7.40. The molecule has 2 heterocycles. The molecule has 0 N–H and O–H groups in total. The van der Waals surface area contributed by atoms with Gasteiger partial charge in [-0.3, -0.25) is 4.79 Å². The van der Waals surface area contributed by atoms with Crippen LogP contribution in [0.2, 0.25) is 0 Å². The SMILES string of the molecule is CCc1ccc(C(=O)N2CCOCC2c2ncnn2-c2ccccc2)cc1S(C)(=O)=O. The lowest BCUT2D eigenvalue weighted by Gasteiger charge is -2.35. The first-order valence-corrected chi connectivity index (χ1v) is 12.0. The molecule has 9 heteroatoms. The lowest BCUT2D eigenvalue weighted by molar-refractivity contribution is -0.00580. The quantitative estimate of drug-likeness (QED) is 0.605. The van der Waals surface area contributed by atoms with E-state index in [1.165, 1.54) is 12.4 Å². The zero-order valence-corrected chi connectivity index (χ0v) is 18.2. The zero-order chi connectivity index (χ0) is 22.0. The number of ether oxygens (including phenoxy) is 1. The highest BCUT2D eigenvalue weighted by atomic mass is 32.2. The van der Waals surface area contributed by atoms with Crippen molar-refractivity contribution < 1.29 is 17.9 Å². The van der Waals surface area contributed by atoms with Crippen molar-refractivity contribution in [3.8, 4) is 5.69 Å². The van der Waals surface area contributed by atoms with Gasteiger partial charge in [0.15, 0.2) is 15.7 Å². The van der Waals surface area contributed by atoms with Crippen LogP contribution in [-0.4, -0.2) is 60.0 Å². The van der Waals surface area contributed by atoms with E-state index in [0.717, 1.165) is 11.9 Å². The lowest BCUT2D eigenvalue weighted by atomic mass is 10.1. The summed E-state index contributed by atoms with van der Waals surface area (Å²) in [5.74, 6) is 0.330. The number of aryl methyl sites for hydroxylation is 1. The fourth-order valence-electron chi connectivity index (χ4n) is 3.80. The van der Waals surface area contributed by atoms with Gasteiger partial charge in [-0.2, -0.15) is 5.10 Å². The Balaban J connectivity index is 1.71. The fourth-order valence-corrected chi connectivity index (χ4v) is 4.83. The number of carbonyl (C=O) groups is 1. The number of morpholine rings is 1. The predicted octanol–water partition coefficient (Wildman–Crippen LogP) is 2.45. The van der Waals surface area contributed by atoms with Crippen molar-refractivity contribution in [2.24, 2.45) is 0 Å². The van der Waals surface area contributed by atoms with E-state index in [4.69, 9.17) is 4.74 Å². The number of nitrogens with zero attached hydrogens (tertiary/aromatic N) is 4. The summed E-state index contributed by atoms with van der Waals surface area (Å²) < 4.78 is 31.9. The molecular weight excluding hydrogens is 416 g/mol. The topological polar surface area (TPSA) is 94.4 Å². The van der Waals surface area contributed by atoms with Crippen molar-refractivity contribution in [2.45, 2.75) is 24.3 Å². The fraction of sp³-hybridized carbons (Fsp3) is 0.318. The maximum atomic E-state index is 13.5. The molecule has 2 aromatic carbocycles. The highest BCUT2D eigenvalue weighted by Gasteiger charge is 2.33. The van der Waals surface area contributed by atoms with Crippen LogP contribution < -0.4 is 0 Å². The Bertz CT molecular complexity index is 1190. The van der Waals surface area contributed by atoms with Crippen LogP contribution in [0.1, 0.15) is 34.7 Å². The Morgan fingerprint density at radius 2 is 1.97 bits per heavy atom. The standard InChI is InChI=1S/C22H24N4O4S/c1-3-16-9-10-17(13-20(16)31(2,28)29)22(27)25-11-12-30-14-19(25)21-23-15-24-26(21)18-7-5-4-6-8-18/h4-10,13,15,19H,3,11-12,14H2,1-2H3. The van der Waals surface area contributed by atoms with E-state index in [0.29, 0.717) is 36.5 Å². The summed E-state index contributed by atoms with van der Waals surface area (Å²) in [5, 5.41) is 4.33. The van der Waals surface area contributed by atoms with Gasteiger partial charge in [0.1, 0.15) is 12.4 Å². The van der Waals surface area contributed by atoms with Crippen molar-refractivity contribution in [2.75, 3.05) is 26.0 Å². The van der Waals surface area contributed by atoms with Crippen LogP contribution in [0.15, 0.2) is 59.8 Å². The van der Waals surface area contributed by atoms with Crippen LogP contribution in [0, 0.1) is 0 Å². The van der Waals surface area contributed by atoms with Gasteiger partial charge in [0, 0.05) is 18.4 Å². The molecule has 1 fully saturated rings. The Morgan fingerprint density at radius 3 is 2.68 bits per heavy atom. The summed E-state index contributed by atoms with van der Waals surface area (Å²) in [4.78, 5) is 19.7. The third kappa shape index (κ3) is 4.24. The van der Waals surface area contributed by atoms with Gasteiger partial charge >= 0.3 is 0 Å². The van der Waals surface area contributed by atoms with Gasteiger partial charge in [-0.25, -0.2) is 18.1 Å². The zero-order valence-electron chi connectivity index (χ0n) is 17.4. The van der Waals surface area contributed by atoms with E-state index in [1.54, 1.807) is 21.7 Å².